The molecule has 6 nitrogen and oxygen atoms in total. The Morgan fingerprint density at radius 3 is 2.45 bits per heavy atom. The van der Waals surface area contributed by atoms with Gasteiger partial charge in [0.2, 0.25) is 0 Å². The number of aliphatic imine (C=N–C) groups is 1. The smallest absolute Gasteiger partial charge is 0.283 e. The Kier molecular flexibility index (Phi) is 5.13. The van der Waals surface area contributed by atoms with Crippen molar-refractivity contribution in [3.63, 3.8) is 0 Å². The van der Waals surface area contributed by atoms with Crippen LogP contribution in [0.25, 0.3) is 11.1 Å². The third-order valence-electron chi connectivity index (χ3n) is 8.12. The van der Waals surface area contributed by atoms with E-state index in [1.54, 1.807) is 13.2 Å². The molecule has 6 heteroatoms. The summed E-state index contributed by atoms with van der Waals surface area (Å²) >= 11 is 0. The summed E-state index contributed by atoms with van der Waals surface area (Å²) in [5, 5.41) is 9.47. The number of methoxy groups -OCH3 is 2. The lowest BCUT2D eigenvalue weighted by Crippen LogP contribution is -2.51. The van der Waals surface area contributed by atoms with Crippen molar-refractivity contribution in [2.45, 2.75) is 44.8 Å². The second kappa shape index (κ2) is 7.78. The number of amidine groups is 1. The number of fused-ring (bicyclic) bond motifs is 3. The molecule has 2 aromatic rings. The van der Waals surface area contributed by atoms with Crippen LogP contribution in [0.3, 0.4) is 0 Å². The topological polar surface area (TPSA) is 89.9 Å². The van der Waals surface area contributed by atoms with Crippen molar-refractivity contribution in [1.82, 2.24) is 0 Å². The van der Waals surface area contributed by atoms with Gasteiger partial charge in [-0.3, -0.25) is 0 Å². The molecule has 5 atom stereocenters. The average molecular weight is 446 g/mol. The zero-order valence-electron chi connectivity index (χ0n) is 19.7. The minimum Gasteiger partial charge on any atom is -0.497 e. The maximum atomic E-state index is 9.47. The Bertz CT molecular complexity index is 1160. The van der Waals surface area contributed by atoms with Gasteiger partial charge in [0.05, 0.1) is 24.8 Å². The van der Waals surface area contributed by atoms with Crippen molar-refractivity contribution >= 4 is 6.02 Å². The van der Waals surface area contributed by atoms with Gasteiger partial charge in [-0.05, 0) is 77.6 Å². The van der Waals surface area contributed by atoms with Crippen LogP contribution in [0.1, 0.15) is 43.4 Å². The van der Waals surface area contributed by atoms with Crippen LogP contribution in [-0.2, 0) is 21.4 Å². The minimum absolute atomic E-state index is 0.0604. The van der Waals surface area contributed by atoms with E-state index in [0.29, 0.717) is 29.8 Å². The van der Waals surface area contributed by atoms with Crippen molar-refractivity contribution in [2.24, 2.45) is 28.0 Å². The predicted octanol–water partition coefficient (Wildman–Crippen LogP) is 4.40. The van der Waals surface area contributed by atoms with Gasteiger partial charge in [-0.2, -0.15) is 5.26 Å². The van der Waals surface area contributed by atoms with Gasteiger partial charge in [-0.15, -0.1) is 0 Å². The number of nitriles is 1. The standard InChI is InChI=1S/C27H31N3O3/c1-16-11-26(12-17(2)24(16)32-4)13-20-6-5-19(10-23(20)27(26)15-33-25(29)30-27)21-7-18(14-28)8-22(9-21)31-3/h5-10,16-17,24H,11-13,15H2,1-4H3,(H2,29,30)/t16-,17+,24+,26+,27?. The van der Waals surface area contributed by atoms with E-state index < -0.39 is 5.54 Å². The molecule has 5 rings (SSSR count). The van der Waals surface area contributed by atoms with Gasteiger partial charge in [-0.25, -0.2) is 4.99 Å². The van der Waals surface area contributed by atoms with E-state index in [4.69, 9.17) is 24.9 Å². The molecular formula is C27H31N3O3. The Morgan fingerprint density at radius 1 is 1.09 bits per heavy atom. The number of ether oxygens (including phenoxy) is 3. The highest BCUT2D eigenvalue weighted by molar-refractivity contribution is 5.76. The van der Waals surface area contributed by atoms with Gasteiger partial charge in [0.15, 0.2) is 0 Å². The molecule has 0 aromatic heterocycles. The van der Waals surface area contributed by atoms with Crippen LogP contribution >= 0.6 is 0 Å². The number of hydrogen-bond acceptors (Lipinski definition) is 6. The molecule has 3 aliphatic rings. The lowest BCUT2D eigenvalue weighted by atomic mass is 9.57. The highest BCUT2D eigenvalue weighted by Crippen LogP contribution is 2.63. The Labute approximate surface area is 195 Å². The fourth-order valence-electron chi connectivity index (χ4n) is 6.94. The Hall–Kier alpha value is -3.04. The molecule has 1 fully saturated rings. The molecule has 172 valence electrons. The van der Waals surface area contributed by atoms with Crippen molar-refractivity contribution < 1.29 is 14.2 Å². The molecule has 1 heterocycles. The largest absolute Gasteiger partial charge is 0.497 e. The summed E-state index contributed by atoms with van der Waals surface area (Å²) in [6, 6.07) is 14.7. The zero-order chi connectivity index (χ0) is 23.4. The third kappa shape index (κ3) is 3.21. The van der Waals surface area contributed by atoms with Crippen LogP contribution in [0.4, 0.5) is 0 Å². The van der Waals surface area contributed by atoms with Crippen LogP contribution < -0.4 is 10.5 Å². The van der Waals surface area contributed by atoms with Crippen LogP contribution in [-0.4, -0.2) is 33.0 Å². The molecule has 0 radical (unpaired) electrons. The highest BCUT2D eigenvalue weighted by atomic mass is 16.5. The first-order chi connectivity index (χ1) is 15.8. The minimum atomic E-state index is -0.499. The summed E-state index contributed by atoms with van der Waals surface area (Å²) < 4.78 is 17.1. The first-order valence-electron chi connectivity index (χ1n) is 11.6. The van der Waals surface area contributed by atoms with Crippen molar-refractivity contribution in [2.75, 3.05) is 20.8 Å². The molecule has 1 saturated carbocycles. The number of rotatable bonds is 3. The summed E-state index contributed by atoms with van der Waals surface area (Å²) in [7, 11) is 3.44. The van der Waals surface area contributed by atoms with Crippen LogP contribution in [0.2, 0.25) is 0 Å². The van der Waals surface area contributed by atoms with Gasteiger partial charge in [0, 0.05) is 12.5 Å². The van der Waals surface area contributed by atoms with Crippen LogP contribution in [0, 0.1) is 28.6 Å². The van der Waals surface area contributed by atoms with E-state index in [1.165, 1.54) is 11.1 Å². The molecule has 2 aliphatic carbocycles. The quantitative estimate of drug-likeness (QED) is 0.756. The summed E-state index contributed by atoms with van der Waals surface area (Å²) in [6.07, 6.45) is 3.22. The van der Waals surface area contributed by atoms with Crippen molar-refractivity contribution in [3.05, 3.63) is 53.1 Å². The maximum Gasteiger partial charge on any atom is 0.283 e. The molecule has 2 N–H and O–H groups in total. The van der Waals surface area contributed by atoms with E-state index in [0.717, 1.165) is 30.4 Å². The number of benzene rings is 2. The van der Waals surface area contributed by atoms with E-state index >= 15 is 0 Å². The van der Waals surface area contributed by atoms with Crippen molar-refractivity contribution in [1.29, 1.82) is 5.26 Å². The molecule has 0 bridgehead atoms. The lowest BCUT2D eigenvalue weighted by molar-refractivity contribution is -0.0779. The maximum absolute atomic E-state index is 9.47. The van der Waals surface area contributed by atoms with Gasteiger partial charge in [0.25, 0.3) is 6.02 Å². The van der Waals surface area contributed by atoms with Crippen molar-refractivity contribution in [3.8, 4) is 22.9 Å². The fourth-order valence-corrected chi connectivity index (χ4v) is 6.94. The number of nitrogens with zero attached hydrogens (tertiary/aromatic N) is 2. The van der Waals surface area contributed by atoms with Gasteiger partial charge < -0.3 is 19.9 Å². The summed E-state index contributed by atoms with van der Waals surface area (Å²) in [5.41, 5.74) is 10.6. The zero-order valence-corrected chi connectivity index (χ0v) is 19.7. The number of hydrogen-bond donors (Lipinski definition) is 1. The van der Waals surface area contributed by atoms with Gasteiger partial charge in [0.1, 0.15) is 17.9 Å². The molecule has 1 aliphatic heterocycles. The molecule has 33 heavy (non-hydrogen) atoms. The Morgan fingerprint density at radius 2 is 1.85 bits per heavy atom. The van der Waals surface area contributed by atoms with Gasteiger partial charge >= 0.3 is 0 Å². The predicted molar refractivity (Wildman–Crippen MR) is 127 cm³/mol. The first kappa shape index (κ1) is 21.8. The third-order valence-corrected chi connectivity index (χ3v) is 8.12. The molecule has 2 spiro atoms. The summed E-state index contributed by atoms with van der Waals surface area (Å²) in [6.45, 7) is 5.04. The SMILES string of the molecule is COc1cc(C#N)cc(-c2ccc3c(c2)C2(COC(N)=N2)[C@@]2(C3)C[C@@H](C)[C@H](OC)[C@@H](C)C2)c1. The van der Waals surface area contributed by atoms with Crippen LogP contribution in [0.15, 0.2) is 41.4 Å². The molecule has 0 amide bonds. The van der Waals surface area contributed by atoms with E-state index in [1.807, 2.05) is 19.2 Å². The fraction of sp³-hybridized carbons (Fsp3) is 0.481. The number of nitrogens with two attached hydrogens (primary N) is 1. The van der Waals surface area contributed by atoms with Crippen LogP contribution in [0.5, 0.6) is 5.75 Å². The molecule has 0 saturated heterocycles. The second-order valence-electron chi connectivity index (χ2n) is 10.1. The lowest BCUT2D eigenvalue weighted by Gasteiger charge is -2.50. The highest BCUT2D eigenvalue weighted by Gasteiger charge is 2.63. The normalized spacial score (nSPS) is 32.3. The monoisotopic (exact) mass is 445 g/mol. The second-order valence-corrected chi connectivity index (χ2v) is 10.1. The molecular weight excluding hydrogens is 414 g/mol. The molecule has 2 aromatic carbocycles. The van der Waals surface area contributed by atoms with E-state index in [9.17, 15) is 5.26 Å². The average Bonchev–Trinajstić information content (AvgIpc) is 3.31. The Balaban J connectivity index is 1.64. The first-order valence-corrected chi connectivity index (χ1v) is 11.6. The van der Waals surface area contributed by atoms with E-state index in [-0.39, 0.29) is 17.5 Å². The summed E-state index contributed by atoms with van der Waals surface area (Å²) in [5.74, 6) is 1.50. The summed E-state index contributed by atoms with van der Waals surface area (Å²) in [4.78, 5) is 5.01. The van der Waals surface area contributed by atoms with Gasteiger partial charge in [-0.1, -0.05) is 26.0 Å². The van der Waals surface area contributed by atoms with E-state index in [2.05, 4.69) is 38.1 Å². The molecule has 1 unspecified atom stereocenters.